The number of methoxy groups -OCH3 is 1. The average Bonchev–Trinajstić information content (AvgIpc) is 3.05. The van der Waals surface area contributed by atoms with Crippen molar-refractivity contribution in [3.8, 4) is 0 Å². The molecule has 4 aromatic rings. The van der Waals surface area contributed by atoms with E-state index < -0.39 is 0 Å². The summed E-state index contributed by atoms with van der Waals surface area (Å²) in [6.45, 7) is 4.17. The van der Waals surface area contributed by atoms with Crippen molar-refractivity contribution in [2.75, 3.05) is 26.7 Å². The molecule has 0 aromatic heterocycles. The quantitative estimate of drug-likeness (QED) is 0.132. The van der Waals surface area contributed by atoms with E-state index in [-0.39, 0.29) is 12.0 Å². The van der Waals surface area contributed by atoms with Gasteiger partial charge < -0.3 is 4.74 Å². The van der Waals surface area contributed by atoms with Gasteiger partial charge in [-0.05, 0) is 47.9 Å². The molecular weight excluding hydrogens is 516 g/mol. The molecular formula is C38H46N2O2. The van der Waals surface area contributed by atoms with Gasteiger partial charge >= 0.3 is 5.97 Å². The highest BCUT2D eigenvalue weighted by atomic mass is 16.5. The molecule has 4 aromatic carbocycles. The number of rotatable bonds is 12. The highest BCUT2D eigenvalue weighted by Crippen LogP contribution is 2.17. The Kier molecular flexibility index (Phi) is 13.3. The summed E-state index contributed by atoms with van der Waals surface area (Å²) in [5, 5.41) is 0. The maximum atomic E-state index is 12.3. The van der Waals surface area contributed by atoms with Crippen molar-refractivity contribution in [3.63, 3.8) is 0 Å². The number of aryl methyl sites for hydroxylation is 2. The molecule has 1 fully saturated rings. The standard InChI is InChI=1S/C20H24N2O2.C18H22/c1-24-20(23)19-16-21(14-17-8-4-2-5-9-17)12-13-22(19)15-18-10-6-3-7-11-18;1(5-11-17-13-7-3-8-14-17)2-6-12-18-15-9-4-10-16-18/h2-11,19H,12-16H2,1H3;3-4,7-10,13-16H,1-2,5-6,11-12H2. The first-order valence-corrected chi connectivity index (χ1v) is 15.4. The summed E-state index contributed by atoms with van der Waals surface area (Å²) in [6, 6.07) is 42.1. The van der Waals surface area contributed by atoms with E-state index in [1.165, 1.54) is 67.9 Å². The van der Waals surface area contributed by atoms with E-state index in [1.54, 1.807) is 0 Å². The van der Waals surface area contributed by atoms with Gasteiger partial charge in [-0.15, -0.1) is 0 Å². The van der Waals surface area contributed by atoms with Crippen LogP contribution < -0.4 is 0 Å². The minimum Gasteiger partial charge on any atom is -0.468 e. The largest absolute Gasteiger partial charge is 0.468 e. The third kappa shape index (κ3) is 10.9. The summed E-state index contributed by atoms with van der Waals surface area (Å²) >= 11 is 0. The first-order chi connectivity index (χ1) is 20.7. The van der Waals surface area contributed by atoms with Gasteiger partial charge in [-0.3, -0.25) is 14.6 Å². The zero-order valence-electron chi connectivity index (χ0n) is 25.1. The number of nitrogens with zero attached hydrogens (tertiary/aromatic N) is 2. The van der Waals surface area contributed by atoms with E-state index in [0.29, 0.717) is 6.54 Å². The predicted molar refractivity (Wildman–Crippen MR) is 173 cm³/mol. The predicted octanol–water partition coefficient (Wildman–Crippen LogP) is 7.58. The fourth-order valence-corrected chi connectivity index (χ4v) is 5.53. The Morgan fingerprint density at radius 2 is 1.02 bits per heavy atom. The fourth-order valence-electron chi connectivity index (χ4n) is 5.53. The van der Waals surface area contributed by atoms with E-state index in [0.717, 1.165) is 26.2 Å². The average molecular weight is 563 g/mol. The SMILES string of the molecule is COC(=O)C1CN(Cc2ccccc2)CCN1Cc1ccccc1.c1ccc(CCCCCCc2ccccc2)cc1. The number of hydrogen-bond acceptors (Lipinski definition) is 4. The molecule has 1 atom stereocenters. The van der Waals surface area contributed by atoms with E-state index >= 15 is 0 Å². The third-order valence-corrected chi connectivity index (χ3v) is 7.89. The molecule has 0 aliphatic carbocycles. The van der Waals surface area contributed by atoms with Gasteiger partial charge in [0.2, 0.25) is 0 Å². The minimum absolute atomic E-state index is 0.149. The minimum atomic E-state index is -0.215. The van der Waals surface area contributed by atoms with Crippen molar-refractivity contribution in [1.82, 2.24) is 9.80 Å². The molecule has 0 N–H and O–H groups in total. The molecule has 1 heterocycles. The second-order valence-corrected chi connectivity index (χ2v) is 11.1. The van der Waals surface area contributed by atoms with E-state index in [1.807, 2.05) is 24.3 Å². The first-order valence-electron chi connectivity index (χ1n) is 15.4. The molecule has 1 aliphatic heterocycles. The molecule has 0 spiro atoms. The molecule has 4 heteroatoms. The molecule has 1 aliphatic rings. The lowest BCUT2D eigenvalue weighted by atomic mass is 10.0. The number of piperazine rings is 1. The zero-order valence-corrected chi connectivity index (χ0v) is 25.1. The Bertz CT molecular complexity index is 1220. The lowest BCUT2D eigenvalue weighted by Gasteiger charge is -2.40. The van der Waals surface area contributed by atoms with Crippen LogP contribution in [0.3, 0.4) is 0 Å². The van der Waals surface area contributed by atoms with Crippen LogP contribution >= 0.6 is 0 Å². The van der Waals surface area contributed by atoms with Crippen molar-refractivity contribution in [2.45, 2.75) is 57.7 Å². The van der Waals surface area contributed by atoms with E-state index in [2.05, 4.69) is 107 Å². The summed E-state index contributed by atoms with van der Waals surface area (Å²) < 4.78 is 5.05. The smallest absolute Gasteiger partial charge is 0.324 e. The maximum Gasteiger partial charge on any atom is 0.324 e. The van der Waals surface area contributed by atoms with Gasteiger partial charge in [0.25, 0.3) is 0 Å². The summed E-state index contributed by atoms with van der Waals surface area (Å²) in [5.41, 5.74) is 5.45. The van der Waals surface area contributed by atoms with E-state index in [9.17, 15) is 4.79 Å². The van der Waals surface area contributed by atoms with Crippen molar-refractivity contribution in [1.29, 1.82) is 0 Å². The van der Waals surface area contributed by atoms with Gasteiger partial charge in [0.1, 0.15) is 6.04 Å². The summed E-state index contributed by atoms with van der Waals surface area (Å²) in [6.07, 6.45) is 7.79. The van der Waals surface area contributed by atoms with Crippen LogP contribution in [0, 0.1) is 0 Å². The fraction of sp³-hybridized carbons (Fsp3) is 0.342. The van der Waals surface area contributed by atoms with Crippen LogP contribution in [0.15, 0.2) is 121 Å². The first kappa shape index (κ1) is 31.2. The van der Waals surface area contributed by atoms with Crippen LogP contribution in [-0.4, -0.2) is 48.6 Å². The second-order valence-electron chi connectivity index (χ2n) is 11.1. The van der Waals surface area contributed by atoms with Crippen molar-refractivity contribution >= 4 is 5.97 Å². The number of benzene rings is 4. The van der Waals surface area contributed by atoms with Crippen LogP contribution in [0.4, 0.5) is 0 Å². The van der Waals surface area contributed by atoms with Gasteiger partial charge in [0.05, 0.1) is 7.11 Å². The topological polar surface area (TPSA) is 32.8 Å². The molecule has 1 saturated heterocycles. The normalized spacial score (nSPS) is 15.4. The van der Waals surface area contributed by atoms with Gasteiger partial charge in [-0.25, -0.2) is 0 Å². The van der Waals surface area contributed by atoms with Gasteiger partial charge in [-0.2, -0.15) is 0 Å². The number of carbonyl (C=O) groups is 1. The van der Waals surface area contributed by atoms with Crippen molar-refractivity contribution < 1.29 is 9.53 Å². The zero-order chi connectivity index (χ0) is 29.2. The Morgan fingerprint density at radius 1 is 0.595 bits per heavy atom. The molecule has 0 bridgehead atoms. The monoisotopic (exact) mass is 562 g/mol. The summed E-state index contributed by atoms with van der Waals surface area (Å²) in [7, 11) is 1.47. The van der Waals surface area contributed by atoms with Gasteiger partial charge in [-0.1, -0.05) is 134 Å². The summed E-state index contributed by atoms with van der Waals surface area (Å²) in [4.78, 5) is 16.8. The number of hydrogen-bond donors (Lipinski definition) is 0. The Balaban J connectivity index is 0.000000201. The van der Waals surface area contributed by atoms with Crippen LogP contribution in [0.1, 0.15) is 47.9 Å². The molecule has 0 amide bonds. The number of ether oxygens (including phenoxy) is 1. The lowest BCUT2D eigenvalue weighted by molar-refractivity contribution is -0.150. The highest BCUT2D eigenvalue weighted by molar-refractivity contribution is 5.76. The van der Waals surface area contributed by atoms with Crippen LogP contribution in [0.2, 0.25) is 0 Å². The number of esters is 1. The molecule has 0 radical (unpaired) electrons. The highest BCUT2D eigenvalue weighted by Gasteiger charge is 2.33. The molecule has 4 nitrogen and oxygen atoms in total. The molecule has 42 heavy (non-hydrogen) atoms. The van der Waals surface area contributed by atoms with Crippen LogP contribution in [-0.2, 0) is 35.5 Å². The lowest BCUT2D eigenvalue weighted by Crippen LogP contribution is -2.55. The van der Waals surface area contributed by atoms with Crippen LogP contribution in [0.25, 0.3) is 0 Å². The molecule has 0 saturated carbocycles. The molecule has 5 rings (SSSR count). The van der Waals surface area contributed by atoms with Gasteiger partial charge in [0.15, 0.2) is 0 Å². The third-order valence-electron chi connectivity index (χ3n) is 7.89. The Hall–Kier alpha value is -3.73. The van der Waals surface area contributed by atoms with Crippen molar-refractivity contribution in [3.05, 3.63) is 144 Å². The number of unbranched alkanes of at least 4 members (excludes halogenated alkanes) is 3. The summed E-state index contributed by atoms with van der Waals surface area (Å²) in [5.74, 6) is -0.149. The maximum absolute atomic E-state index is 12.3. The van der Waals surface area contributed by atoms with E-state index in [4.69, 9.17) is 4.74 Å². The Labute approximate surface area is 253 Å². The Morgan fingerprint density at radius 3 is 1.48 bits per heavy atom. The second kappa shape index (κ2) is 17.9. The van der Waals surface area contributed by atoms with Crippen molar-refractivity contribution in [2.24, 2.45) is 0 Å². The van der Waals surface area contributed by atoms with Gasteiger partial charge in [0, 0.05) is 32.7 Å². The number of carbonyl (C=O) groups excluding carboxylic acids is 1. The van der Waals surface area contributed by atoms with Crippen LogP contribution in [0.5, 0.6) is 0 Å². The molecule has 1 unspecified atom stereocenters. The molecule has 220 valence electrons.